The lowest BCUT2D eigenvalue weighted by atomic mass is 9.94. The standard InChI is InChI=1S/C22H30IN3O4/c1-16(13-24-20(28)30-21(2,3)4)11-12-22(23,19(27)29-5)18-14-26(15-25-18)17-9-7-6-8-10-17/h6-10,14-16H,11-13H2,1-5H3,(H,24,28)/t16-,22+/m1/s1. The van der Waals surface area contributed by atoms with Gasteiger partial charge in [0.15, 0.2) is 3.42 Å². The number of benzene rings is 1. The number of imidazole rings is 1. The molecule has 2 aromatic rings. The Hall–Kier alpha value is -2.10. The molecule has 1 aromatic carbocycles. The number of nitrogens with one attached hydrogen (secondary N) is 1. The van der Waals surface area contributed by atoms with E-state index in [4.69, 9.17) is 9.47 Å². The number of methoxy groups -OCH3 is 1. The minimum atomic E-state index is -0.910. The van der Waals surface area contributed by atoms with Gasteiger partial charge in [0.05, 0.1) is 19.1 Å². The maximum Gasteiger partial charge on any atom is 0.407 e. The molecule has 0 aliphatic rings. The first-order valence-corrected chi connectivity index (χ1v) is 11.0. The second-order valence-corrected chi connectivity index (χ2v) is 10.2. The molecule has 1 amide bonds. The first-order chi connectivity index (χ1) is 14.0. The fraction of sp³-hybridized carbons (Fsp3) is 0.500. The average molecular weight is 527 g/mol. The van der Waals surface area contributed by atoms with Gasteiger partial charge in [-0.3, -0.25) is 4.79 Å². The number of hydrogen-bond donors (Lipinski definition) is 1. The van der Waals surface area contributed by atoms with Crippen molar-refractivity contribution in [3.8, 4) is 5.69 Å². The van der Waals surface area contributed by atoms with Gasteiger partial charge in [-0.2, -0.15) is 0 Å². The second kappa shape index (κ2) is 10.3. The molecule has 0 radical (unpaired) electrons. The minimum absolute atomic E-state index is 0.146. The lowest BCUT2D eigenvalue weighted by Crippen LogP contribution is -2.36. The van der Waals surface area contributed by atoms with Gasteiger partial charge < -0.3 is 19.4 Å². The molecule has 30 heavy (non-hydrogen) atoms. The summed E-state index contributed by atoms with van der Waals surface area (Å²) in [5.74, 6) is -0.193. The van der Waals surface area contributed by atoms with Crippen molar-refractivity contribution in [2.24, 2.45) is 5.92 Å². The number of carbonyl (C=O) groups is 2. The molecule has 0 fully saturated rings. The lowest BCUT2D eigenvalue weighted by Gasteiger charge is -2.25. The van der Waals surface area contributed by atoms with Crippen LogP contribution in [0.4, 0.5) is 4.79 Å². The van der Waals surface area contributed by atoms with E-state index in [1.54, 1.807) is 6.33 Å². The van der Waals surface area contributed by atoms with E-state index in [1.807, 2.05) is 68.8 Å². The van der Waals surface area contributed by atoms with E-state index in [9.17, 15) is 9.59 Å². The van der Waals surface area contributed by atoms with Crippen molar-refractivity contribution < 1.29 is 19.1 Å². The fourth-order valence-electron chi connectivity index (χ4n) is 2.88. The van der Waals surface area contributed by atoms with Gasteiger partial charge in [0.1, 0.15) is 5.60 Å². The highest BCUT2D eigenvalue weighted by atomic mass is 127. The molecule has 8 heteroatoms. The molecular weight excluding hydrogens is 497 g/mol. The zero-order valence-electron chi connectivity index (χ0n) is 18.1. The summed E-state index contributed by atoms with van der Waals surface area (Å²) < 4.78 is 11.3. The number of alkyl halides is 1. The van der Waals surface area contributed by atoms with Crippen LogP contribution in [0.2, 0.25) is 0 Å². The lowest BCUT2D eigenvalue weighted by molar-refractivity contribution is -0.143. The van der Waals surface area contributed by atoms with Crippen molar-refractivity contribution in [3.63, 3.8) is 0 Å². The molecule has 0 aliphatic carbocycles. The quantitative estimate of drug-likeness (QED) is 0.308. The van der Waals surface area contributed by atoms with Crippen LogP contribution in [0.25, 0.3) is 5.69 Å². The zero-order chi connectivity index (χ0) is 22.4. The molecule has 2 atom stereocenters. The van der Waals surface area contributed by atoms with Gasteiger partial charge >= 0.3 is 12.1 Å². The summed E-state index contributed by atoms with van der Waals surface area (Å²) in [4.78, 5) is 29.0. The molecule has 1 N–H and O–H groups in total. The van der Waals surface area contributed by atoms with Crippen LogP contribution >= 0.6 is 22.6 Å². The van der Waals surface area contributed by atoms with E-state index in [0.717, 1.165) is 5.69 Å². The Bertz CT molecular complexity index is 848. The molecule has 2 rings (SSSR count). The number of nitrogens with zero attached hydrogens (tertiary/aromatic N) is 2. The summed E-state index contributed by atoms with van der Waals surface area (Å²) in [7, 11) is 1.39. The van der Waals surface area contributed by atoms with Crippen molar-refractivity contribution in [3.05, 3.63) is 48.5 Å². The number of hydrogen-bond acceptors (Lipinski definition) is 5. The summed E-state index contributed by atoms with van der Waals surface area (Å²) in [6, 6.07) is 9.80. The Labute approximate surface area is 191 Å². The third-order valence-corrected chi connectivity index (χ3v) is 6.06. The molecule has 0 saturated carbocycles. The first kappa shape index (κ1) is 24.2. The monoisotopic (exact) mass is 527 g/mol. The predicted molar refractivity (Wildman–Crippen MR) is 124 cm³/mol. The minimum Gasteiger partial charge on any atom is -0.468 e. The summed E-state index contributed by atoms with van der Waals surface area (Å²) in [6.07, 6.45) is 4.36. The van der Waals surface area contributed by atoms with Gasteiger partial charge in [-0.05, 0) is 51.7 Å². The molecule has 0 saturated heterocycles. The van der Waals surface area contributed by atoms with E-state index >= 15 is 0 Å². The van der Waals surface area contributed by atoms with E-state index in [0.29, 0.717) is 25.1 Å². The Balaban J connectivity index is 2.04. The Kier molecular flexibility index (Phi) is 8.28. The van der Waals surface area contributed by atoms with Crippen LogP contribution < -0.4 is 5.32 Å². The van der Waals surface area contributed by atoms with Crippen molar-refractivity contribution in [2.75, 3.05) is 13.7 Å². The Morgan fingerprint density at radius 3 is 2.50 bits per heavy atom. The smallest absolute Gasteiger partial charge is 0.407 e. The zero-order valence-corrected chi connectivity index (χ0v) is 20.3. The van der Waals surface area contributed by atoms with Gasteiger partial charge in [-0.1, -0.05) is 47.7 Å². The Morgan fingerprint density at radius 2 is 1.90 bits per heavy atom. The summed E-state index contributed by atoms with van der Waals surface area (Å²) in [5.41, 5.74) is 1.08. The molecule has 164 valence electrons. The van der Waals surface area contributed by atoms with Crippen LogP contribution in [-0.2, 0) is 17.7 Å². The number of amides is 1. The number of alkyl carbamates (subject to hydrolysis) is 1. The number of rotatable bonds is 8. The summed E-state index contributed by atoms with van der Waals surface area (Å²) in [6.45, 7) is 7.96. The number of aromatic nitrogens is 2. The predicted octanol–water partition coefficient (Wildman–Crippen LogP) is 4.62. The third-order valence-electron chi connectivity index (χ3n) is 4.53. The van der Waals surface area contributed by atoms with Crippen molar-refractivity contribution in [2.45, 2.75) is 49.6 Å². The third kappa shape index (κ3) is 6.72. The fourth-order valence-corrected chi connectivity index (χ4v) is 3.69. The van der Waals surface area contributed by atoms with E-state index in [2.05, 4.69) is 32.9 Å². The van der Waals surface area contributed by atoms with Gasteiger partial charge in [0.2, 0.25) is 0 Å². The normalized spacial score (nSPS) is 14.5. The summed E-state index contributed by atoms with van der Waals surface area (Å²) in [5, 5.41) is 2.78. The highest BCUT2D eigenvalue weighted by Gasteiger charge is 2.41. The topological polar surface area (TPSA) is 82.5 Å². The molecule has 0 unspecified atom stereocenters. The molecule has 1 aromatic heterocycles. The molecule has 0 aliphatic heterocycles. The average Bonchev–Trinajstić information content (AvgIpc) is 3.20. The first-order valence-electron chi connectivity index (χ1n) is 9.89. The second-order valence-electron chi connectivity index (χ2n) is 8.32. The number of esters is 1. The number of carbonyl (C=O) groups excluding carboxylic acids is 2. The van der Waals surface area contributed by atoms with E-state index < -0.39 is 15.1 Å². The van der Waals surface area contributed by atoms with E-state index in [-0.39, 0.29) is 11.9 Å². The van der Waals surface area contributed by atoms with Crippen LogP contribution in [0.15, 0.2) is 42.9 Å². The SMILES string of the molecule is COC(=O)[C@](I)(CC[C@@H](C)CNC(=O)OC(C)(C)C)c1cn(-c2ccccc2)cn1. The van der Waals surface area contributed by atoms with Crippen molar-refractivity contribution in [1.29, 1.82) is 0 Å². The van der Waals surface area contributed by atoms with Gasteiger partial charge in [-0.25, -0.2) is 9.78 Å². The largest absolute Gasteiger partial charge is 0.468 e. The molecule has 1 heterocycles. The maximum atomic E-state index is 12.6. The molecule has 0 spiro atoms. The molecule has 7 nitrogen and oxygen atoms in total. The van der Waals surface area contributed by atoms with E-state index in [1.165, 1.54) is 7.11 Å². The molecule has 0 bridgehead atoms. The van der Waals surface area contributed by atoms with Crippen LogP contribution in [-0.4, -0.2) is 40.9 Å². The van der Waals surface area contributed by atoms with Crippen molar-refractivity contribution in [1.82, 2.24) is 14.9 Å². The van der Waals surface area contributed by atoms with Gasteiger partial charge in [-0.15, -0.1) is 0 Å². The van der Waals surface area contributed by atoms with Gasteiger partial charge in [0, 0.05) is 18.4 Å². The van der Waals surface area contributed by atoms with Gasteiger partial charge in [0.25, 0.3) is 0 Å². The number of halogens is 1. The van der Waals surface area contributed by atoms with Crippen LogP contribution in [0.3, 0.4) is 0 Å². The summed E-state index contributed by atoms with van der Waals surface area (Å²) >= 11 is 2.13. The van der Waals surface area contributed by atoms with Crippen LogP contribution in [0, 0.1) is 5.92 Å². The number of para-hydroxylation sites is 1. The molecular formula is C22H30IN3O4. The van der Waals surface area contributed by atoms with Crippen LogP contribution in [0.5, 0.6) is 0 Å². The highest BCUT2D eigenvalue weighted by Crippen LogP contribution is 2.38. The highest BCUT2D eigenvalue weighted by molar-refractivity contribution is 14.1. The van der Waals surface area contributed by atoms with Crippen LogP contribution in [0.1, 0.15) is 46.2 Å². The Morgan fingerprint density at radius 1 is 1.23 bits per heavy atom. The maximum absolute atomic E-state index is 12.6. The number of ether oxygens (including phenoxy) is 2. The van der Waals surface area contributed by atoms with Crippen molar-refractivity contribution >= 4 is 34.7 Å².